The zero-order chi connectivity index (χ0) is 14.1. The topological polar surface area (TPSA) is 64.1 Å². The Morgan fingerprint density at radius 3 is 2.95 bits per heavy atom. The zero-order valence-electron chi connectivity index (χ0n) is 10.7. The Morgan fingerprint density at radius 1 is 1.45 bits per heavy atom. The van der Waals surface area contributed by atoms with Crippen LogP contribution in [0.3, 0.4) is 0 Å². The van der Waals surface area contributed by atoms with Crippen LogP contribution in [0.4, 0.5) is 9.52 Å². The van der Waals surface area contributed by atoms with E-state index < -0.39 is 11.7 Å². The van der Waals surface area contributed by atoms with Gasteiger partial charge in [-0.2, -0.15) is 0 Å². The number of carbonyl (C=O) groups is 1. The Balaban J connectivity index is 1.79. The van der Waals surface area contributed by atoms with Crippen molar-refractivity contribution in [2.45, 2.75) is 18.8 Å². The van der Waals surface area contributed by atoms with E-state index in [0.29, 0.717) is 16.8 Å². The highest BCUT2D eigenvalue weighted by Crippen LogP contribution is 2.42. The average Bonchev–Trinajstić information content (AvgIpc) is 3.19. The molecule has 5 nitrogen and oxygen atoms in total. The number of hydrogen-bond donors (Lipinski definition) is 1. The molecule has 1 aromatic heterocycles. The molecule has 0 aliphatic heterocycles. The first-order valence-electron chi connectivity index (χ1n) is 6.15. The average molecular weight is 293 g/mol. The molecule has 3 rings (SSSR count). The van der Waals surface area contributed by atoms with Gasteiger partial charge in [0.05, 0.1) is 12.7 Å². The van der Waals surface area contributed by atoms with E-state index in [0.717, 1.165) is 23.9 Å². The molecule has 1 heterocycles. The van der Waals surface area contributed by atoms with Gasteiger partial charge in [-0.05, 0) is 31.0 Å². The third-order valence-electron chi connectivity index (χ3n) is 2.99. The van der Waals surface area contributed by atoms with E-state index in [4.69, 9.17) is 4.74 Å². The van der Waals surface area contributed by atoms with Crippen LogP contribution in [-0.2, 0) is 0 Å². The van der Waals surface area contributed by atoms with Crippen molar-refractivity contribution in [2.75, 3.05) is 12.4 Å². The number of carbonyl (C=O) groups excluding carboxylic acids is 1. The van der Waals surface area contributed by atoms with Crippen LogP contribution >= 0.6 is 11.3 Å². The molecule has 104 valence electrons. The fourth-order valence-electron chi connectivity index (χ4n) is 1.80. The highest BCUT2D eigenvalue weighted by Gasteiger charge is 2.28. The Hall–Kier alpha value is -2.02. The Morgan fingerprint density at radius 2 is 2.25 bits per heavy atom. The van der Waals surface area contributed by atoms with Crippen molar-refractivity contribution in [3.8, 4) is 5.75 Å². The van der Waals surface area contributed by atoms with Gasteiger partial charge < -0.3 is 4.74 Å². The van der Waals surface area contributed by atoms with Crippen LogP contribution in [0.15, 0.2) is 18.2 Å². The molecule has 1 aromatic carbocycles. The lowest BCUT2D eigenvalue weighted by Gasteiger charge is -2.07. The van der Waals surface area contributed by atoms with Crippen LogP contribution in [0.5, 0.6) is 5.75 Å². The Bertz CT molecular complexity index is 655. The van der Waals surface area contributed by atoms with Gasteiger partial charge in [0.2, 0.25) is 5.13 Å². The molecule has 1 amide bonds. The summed E-state index contributed by atoms with van der Waals surface area (Å²) in [7, 11) is 1.43. The maximum Gasteiger partial charge on any atom is 0.261 e. The van der Waals surface area contributed by atoms with Crippen LogP contribution in [-0.4, -0.2) is 23.2 Å². The second-order valence-electron chi connectivity index (χ2n) is 4.52. The van der Waals surface area contributed by atoms with E-state index in [1.807, 2.05) is 0 Å². The summed E-state index contributed by atoms with van der Waals surface area (Å²) in [4.78, 5) is 12.1. The van der Waals surface area contributed by atoms with Crippen molar-refractivity contribution < 1.29 is 13.9 Å². The van der Waals surface area contributed by atoms with Crippen molar-refractivity contribution in [2.24, 2.45) is 0 Å². The quantitative estimate of drug-likeness (QED) is 0.941. The number of ether oxygens (including phenoxy) is 1. The number of rotatable bonds is 4. The van der Waals surface area contributed by atoms with Gasteiger partial charge in [0.25, 0.3) is 5.91 Å². The van der Waals surface area contributed by atoms with Crippen LogP contribution in [0, 0.1) is 5.82 Å². The minimum absolute atomic E-state index is 0.135. The van der Waals surface area contributed by atoms with Gasteiger partial charge in [-0.3, -0.25) is 10.1 Å². The van der Waals surface area contributed by atoms with Gasteiger partial charge in [-0.1, -0.05) is 11.3 Å². The smallest absolute Gasteiger partial charge is 0.261 e. The number of methoxy groups -OCH3 is 1. The Kier molecular flexibility index (Phi) is 3.35. The first-order valence-corrected chi connectivity index (χ1v) is 6.97. The van der Waals surface area contributed by atoms with Crippen molar-refractivity contribution in [1.82, 2.24) is 10.2 Å². The summed E-state index contributed by atoms with van der Waals surface area (Å²) in [5.41, 5.74) is 0.135. The summed E-state index contributed by atoms with van der Waals surface area (Å²) in [6.45, 7) is 0. The normalized spacial score (nSPS) is 14.1. The number of halogens is 1. The van der Waals surface area contributed by atoms with Gasteiger partial charge in [-0.15, -0.1) is 10.2 Å². The molecule has 0 radical (unpaired) electrons. The second-order valence-corrected chi connectivity index (χ2v) is 5.53. The highest BCUT2D eigenvalue weighted by atomic mass is 32.1. The van der Waals surface area contributed by atoms with Crippen LogP contribution in [0.1, 0.15) is 34.1 Å². The van der Waals surface area contributed by atoms with Crippen LogP contribution in [0.2, 0.25) is 0 Å². The molecule has 7 heteroatoms. The number of nitrogens with zero attached hydrogens (tertiary/aromatic N) is 2. The predicted molar refractivity (Wildman–Crippen MR) is 72.8 cm³/mol. The van der Waals surface area contributed by atoms with Crippen molar-refractivity contribution in [3.63, 3.8) is 0 Å². The number of benzene rings is 1. The third kappa shape index (κ3) is 2.62. The van der Waals surface area contributed by atoms with Crippen molar-refractivity contribution in [3.05, 3.63) is 34.6 Å². The summed E-state index contributed by atoms with van der Waals surface area (Å²) in [5, 5.41) is 11.9. The standard InChI is InChI=1S/C13H12FN3O2S/c1-19-10-5-4-8(14)6-9(10)11(18)15-13-17-16-12(20-13)7-2-3-7/h4-7H,2-3H2,1H3,(H,15,17,18). The van der Waals surface area contributed by atoms with E-state index >= 15 is 0 Å². The molecule has 0 bridgehead atoms. The molecule has 0 unspecified atom stereocenters. The summed E-state index contributed by atoms with van der Waals surface area (Å²) in [5.74, 6) is -0.149. The number of anilines is 1. The van der Waals surface area contributed by atoms with Gasteiger partial charge in [0.15, 0.2) is 0 Å². The molecule has 1 aliphatic carbocycles. The molecule has 1 saturated carbocycles. The Labute approximate surface area is 118 Å². The molecule has 0 atom stereocenters. The molecule has 0 spiro atoms. The largest absolute Gasteiger partial charge is 0.496 e. The zero-order valence-corrected chi connectivity index (χ0v) is 11.5. The fraction of sp³-hybridized carbons (Fsp3) is 0.308. The van der Waals surface area contributed by atoms with Crippen LogP contribution in [0.25, 0.3) is 0 Å². The lowest BCUT2D eigenvalue weighted by Crippen LogP contribution is -2.13. The maximum absolute atomic E-state index is 13.2. The van der Waals surface area contributed by atoms with Crippen molar-refractivity contribution in [1.29, 1.82) is 0 Å². The molecule has 0 saturated heterocycles. The third-order valence-corrected chi connectivity index (χ3v) is 4.00. The molecular formula is C13H12FN3O2S. The van der Waals surface area contributed by atoms with Crippen LogP contribution < -0.4 is 10.1 Å². The monoisotopic (exact) mass is 293 g/mol. The van der Waals surface area contributed by atoms with E-state index in [1.54, 1.807) is 0 Å². The van der Waals surface area contributed by atoms with Gasteiger partial charge in [0, 0.05) is 5.92 Å². The number of amides is 1. The fourth-order valence-corrected chi connectivity index (χ4v) is 2.71. The summed E-state index contributed by atoms with van der Waals surface area (Å²) < 4.78 is 18.3. The minimum Gasteiger partial charge on any atom is -0.496 e. The molecule has 1 aliphatic rings. The first-order chi connectivity index (χ1) is 9.67. The molecule has 20 heavy (non-hydrogen) atoms. The number of nitrogens with one attached hydrogen (secondary N) is 1. The summed E-state index contributed by atoms with van der Waals surface area (Å²) in [6.07, 6.45) is 2.25. The molecule has 1 fully saturated rings. The first kappa shape index (κ1) is 13.0. The lowest BCUT2D eigenvalue weighted by atomic mass is 10.2. The van der Waals surface area contributed by atoms with E-state index in [2.05, 4.69) is 15.5 Å². The van der Waals surface area contributed by atoms with Gasteiger partial charge in [-0.25, -0.2) is 4.39 Å². The molecule has 2 aromatic rings. The van der Waals surface area contributed by atoms with Crippen molar-refractivity contribution >= 4 is 22.4 Å². The molecular weight excluding hydrogens is 281 g/mol. The van der Waals surface area contributed by atoms with Gasteiger partial charge >= 0.3 is 0 Å². The summed E-state index contributed by atoms with van der Waals surface area (Å²) in [6, 6.07) is 3.79. The number of hydrogen-bond acceptors (Lipinski definition) is 5. The minimum atomic E-state index is -0.494. The van der Waals surface area contributed by atoms with E-state index in [9.17, 15) is 9.18 Å². The van der Waals surface area contributed by atoms with E-state index in [1.165, 1.54) is 30.6 Å². The SMILES string of the molecule is COc1ccc(F)cc1C(=O)Nc1nnc(C2CC2)s1. The highest BCUT2D eigenvalue weighted by molar-refractivity contribution is 7.15. The number of aromatic nitrogens is 2. The lowest BCUT2D eigenvalue weighted by molar-refractivity contribution is 0.102. The summed E-state index contributed by atoms with van der Waals surface area (Å²) >= 11 is 1.36. The maximum atomic E-state index is 13.2. The molecule has 1 N–H and O–H groups in total. The predicted octanol–water partition coefficient (Wildman–Crippen LogP) is 2.82. The van der Waals surface area contributed by atoms with E-state index in [-0.39, 0.29) is 5.56 Å². The van der Waals surface area contributed by atoms with Gasteiger partial charge in [0.1, 0.15) is 16.6 Å². The second kappa shape index (κ2) is 5.16.